The Morgan fingerprint density at radius 3 is 2.79 bits per heavy atom. The molecule has 1 aromatic heterocycles. The summed E-state index contributed by atoms with van der Waals surface area (Å²) in [5.41, 5.74) is 2.49. The summed E-state index contributed by atoms with van der Waals surface area (Å²) < 4.78 is 0. The summed E-state index contributed by atoms with van der Waals surface area (Å²) in [7, 11) is 0. The van der Waals surface area contributed by atoms with Crippen LogP contribution in [-0.4, -0.2) is 9.97 Å². The van der Waals surface area contributed by atoms with Crippen molar-refractivity contribution in [1.82, 2.24) is 9.97 Å². The molecular weight excluding hydrogens is 200 g/mol. The second-order valence-electron chi connectivity index (χ2n) is 3.26. The predicted octanol–water partition coefficient (Wildman–Crippen LogP) is 2.55. The molecule has 0 amide bonds. The number of imidazole rings is 1. The standard InChI is InChI=1S/C10H11ClN2O/c1-2-7(11)6-3-4-8-9(5-6)13-10(14)12-8/h3-5,7H,2H2,1H3,(H2,12,13,14). The minimum absolute atomic E-state index is 0.0119. The first-order valence-electron chi connectivity index (χ1n) is 4.56. The van der Waals surface area contributed by atoms with Crippen molar-refractivity contribution in [2.24, 2.45) is 0 Å². The van der Waals surface area contributed by atoms with Crippen molar-refractivity contribution >= 4 is 22.6 Å². The van der Waals surface area contributed by atoms with E-state index >= 15 is 0 Å². The molecule has 0 radical (unpaired) electrons. The maximum atomic E-state index is 11.0. The SMILES string of the molecule is CCC(Cl)c1ccc2[nH]c(=O)[nH]c2c1. The van der Waals surface area contributed by atoms with Crippen LogP contribution in [0.4, 0.5) is 0 Å². The number of rotatable bonds is 2. The van der Waals surface area contributed by atoms with Gasteiger partial charge in [-0.25, -0.2) is 4.79 Å². The van der Waals surface area contributed by atoms with Gasteiger partial charge < -0.3 is 9.97 Å². The summed E-state index contributed by atoms with van der Waals surface area (Å²) in [6, 6.07) is 5.72. The molecule has 3 nitrogen and oxygen atoms in total. The normalized spacial score (nSPS) is 13.3. The van der Waals surface area contributed by atoms with Crippen molar-refractivity contribution in [3.05, 3.63) is 34.2 Å². The maximum absolute atomic E-state index is 11.0. The summed E-state index contributed by atoms with van der Waals surface area (Å²) in [6.07, 6.45) is 0.877. The molecule has 1 heterocycles. The van der Waals surface area contributed by atoms with Crippen molar-refractivity contribution in [1.29, 1.82) is 0 Å². The fourth-order valence-corrected chi connectivity index (χ4v) is 1.62. The largest absolute Gasteiger partial charge is 0.323 e. The molecule has 1 unspecified atom stereocenters. The Morgan fingerprint density at radius 2 is 2.07 bits per heavy atom. The Morgan fingerprint density at radius 1 is 1.36 bits per heavy atom. The number of aromatic nitrogens is 2. The van der Waals surface area contributed by atoms with E-state index < -0.39 is 0 Å². The Labute approximate surface area is 86.1 Å². The highest BCUT2D eigenvalue weighted by atomic mass is 35.5. The first kappa shape index (κ1) is 9.34. The number of fused-ring (bicyclic) bond motifs is 1. The number of alkyl halides is 1. The second-order valence-corrected chi connectivity index (χ2v) is 3.79. The smallest absolute Gasteiger partial charge is 0.306 e. The molecule has 2 aromatic rings. The minimum atomic E-state index is -0.181. The molecule has 2 rings (SSSR count). The van der Waals surface area contributed by atoms with E-state index in [1.807, 2.05) is 25.1 Å². The topological polar surface area (TPSA) is 48.6 Å². The molecule has 1 atom stereocenters. The van der Waals surface area contributed by atoms with Gasteiger partial charge in [0.2, 0.25) is 0 Å². The molecule has 0 saturated carbocycles. The van der Waals surface area contributed by atoms with Gasteiger partial charge in [0.15, 0.2) is 0 Å². The third-order valence-corrected chi connectivity index (χ3v) is 2.82. The molecule has 0 fully saturated rings. The van der Waals surface area contributed by atoms with Crippen LogP contribution in [0.2, 0.25) is 0 Å². The molecule has 0 bridgehead atoms. The van der Waals surface area contributed by atoms with E-state index in [-0.39, 0.29) is 11.1 Å². The summed E-state index contributed by atoms with van der Waals surface area (Å²) >= 11 is 6.10. The lowest BCUT2D eigenvalue weighted by Gasteiger charge is -2.05. The highest BCUT2D eigenvalue weighted by Gasteiger charge is 2.06. The first-order chi connectivity index (χ1) is 6.70. The highest BCUT2D eigenvalue weighted by molar-refractivity contribution is 6.20. The van der Waals surface area contributed by atoms with Crippen LogP contribution in [0.15, 0.2) is 23.0 Å². The molecule has 14 heavy (non-hydrogen) atoms. The van der Waals surface area contributed by atoms with Gasteiger partial charge in [-0.05, 0) is 24.1 Å². The molecule has 74 valence electrons. The number of benzene rings is 1. The summed E-state index contributed by atoms with van der Waals surface area (Å²) in [4.78, 5) is 16.4. The predicted molar refractivity (Wildman–Crippen MR) is 57.8 cm³/mol. The van der Waals surface area contributed by atoms with Crippen molar-refractivity contribution in [2.45, 2.75) is 18.7 Å². The van der Waals surface area contributed by atoms with Crippen LogP contribution in [-0.2, 0) is 0 Å². The van der Waals surface area contributed by atoms with Gasteiger partial charge in [0, 0.05) is 0 Å². The summed E-state index contributed by atoms with van der Waals surface area (Å²) in [5, 5.41) is 0.0119. The molecule has 0 aliphatic carbocycles. The van der Waals surface area contributed by atoms with Crippen LogP contribution in [0, 0.1) is 0 Å². The maximum Gasteiger partial charge on any atom is 0.323 e. The van der Waals surface area contributed by atoms with Crippen LogP contribution in [0.3, 0.4) is 0 Å². The van der Waals surface area contributed by atoms with Gasteiger partial charge in [0.25, 0.3) is 0 Å². The zero-order valence-electron chi connectivity index (χ0n) is 7.80. The van der Waals surface area contributed by atoms with Crippen molar-refractivity contribution < 1.29 is 0 Å². The lowest BCUT2D eigenvalue weighted by Crippen LogP contribution is -1.99. The van der Waals surface area contributed by atoms with Gasteiger partial charge in [-0.15, -0.1) is 11.6 Å². The first-order valence-corrected chi connectivity index (χ1v) is 5.00. The number of H-pyrrole nitrogens is 2. The van der Waals surface area contributed by atoms with Gasteiger partial charge in [0.1, 0.15) is 0 Å². The third kappa shape index (κ3) is 1.55. The number of hydrogen-bond acceptors (Lipinski definition) is 1. The van der Waals surface area contributed by atoms with Crippen molar-refractivity contribution in [2.75, 3.05) is 0 Å². The Bertz CT molecular complexity index is 500. The van der Waals surface area contributed by atoms with E-state index in [1.54, 1.807) is 0 Å². The van der Waals surface area contributed by atoms with E-state index in [0.29, 0.717) is 0 Å². The van der Waals surface area contributed by atoms with Gasteiger partial charge in [0.05, 0.1) is 16.4 Å². The summed E-state index contributed by atoms with van der Waals surface area (Å²) in [6.45, 7) is 2.03. The van der Waals surface area contributed by atoms with E-state index in [2.05, 4.69) is 9.97 Å². The van der Waals surface area contributed by atoms with Crippen LogP contribution in [0.1, 0.15) is 24.3 Å². The fraction of sp³-hybridized carbons (Fsp3) is 0.300. The molecule has 1 aromatic carbocycles. The van der Waals surface area contributed by atoms with Crippen molar-refractivity contribution in [3.63, 3.8) is 0 Å². The average molecular weight is 211 g/mol. The molecule has 2 N–H and O–H groups in total. The van der Waals surface area contributed by atoms with E-state index in [4.69, 9.17) is 11.6 Å². The molecule has 0 saturated heterocycles. The van der Waals surface area contributed by atoms with Gasteiger partial charge in [-0.1, -0.05) is 13.0 Å². The number of nitrogens with one attached hydrogen (secondary N) is 2. The Kier molecular flexibility index (Phi) is 2.33. The third-order valence-electron chi connectivity index (χ3n) is 2.26. The second kappa shape index (κ2) is 3.50. The van der Waals surface area contributed by atoms with Crippen LogP contribution in [0.5, 0.6) is 0 Å². The van der Waals surface area contributed by atoms with E-state index in [0.717, 1.165) is 23.0 Å². The number of halogens is 1. The highest BCUT2D eigenvalue weighted by Crippen LogP contribution is 2.25. The van der Waals surface area contributed by atoms with Crippen LogP contribution >= 0.6 is 11.6 Å². The minimum Gasteiger partial charge on any atom is -0.306 e. The molecule has 0 spiro atoms. The van der Waals surface area contributed by atoms with Gasteiger partial charge in [-0.2, -0.15) is 0 Å². The number of aromatic amines is 2. The van der Waals surface area contributed by atoms with Gasteiger partial charge in [-0.3, -0.25) is 0 Å². The fourth-order valence-electron chi connectivity index (χ4n) is 1.48. The van der Waals surface area contributed by atoms with Gasteiger partial charge >= 0.3 is 5.69 Å². The average Bonchev–Trinajstić information content (AvgIpc) is 2.55. The number of hydrogen-bond donors (Lipinski definition) is 2. The Hall–Kier alpha value is -1.22. The van der Waals surface area contributed by atoms with Crippen molar-refractivity contribution in [3.8, 4) is 0 Å². The zero-order valence-corrected chi connectivity index (χ0v) is 8.56. The molecular formula is C10H11ClN2O. The monoisotopic (exact) mass is 210 g/mol. The van der Waals surface area contributed by atoms with Crippen LogP contribution < -0.4 is 5.69 Å². The van der Waals surface area contributed by atoms with E-state index in [9.17, 15) is 4.79 Å². The Balaban J connectivity index is 2.55. The van der Waals surface area contributed by atoms with E-state index in [1.165, 1.54) is 0 Å². The molecule has 4 heteroatoms. The van der Waals surface area contributed by atoms with Crippen LogP contribution in [0.25, 0.3) is 11.0 Å². The lowest BCUT2D eigenvalue weighted by molar-refractivity contribution is 0.885. The quantitative estimate of drug-likeness (QED) is 0.736. The molecule has 0 aliphatic heterocycles. The lowest BCUT2D eigenvalue weighted by atomic mass is 10.1. The summed E-state index contributed by atoms with van der Waals surface area (Å²) in [5.74, 6) is 0. The molecule has 0 aliphatic rings. The zero-order chi connectivity index (χ0) is 10.1.